The number of hydrogen-bond acceptors (Lipinski definition) is 7. The summed E-state index contributed by atoms with van der Waals surface area (Å²) >= 11 is 0. The van der Waals surface area contributed by atoms with Crippen LogP contribution in [0.15, 0.2) is 59.1 Å². The average molecular weight is 439 g/mol. The summed E-state index contributed by atoms with van der Waals surface area (Å²) in [5.74, 6) is 1.15. The van der Waals surface area contributed by atoms with Gasteiger partial charge < -0.3 is 29.4 Å². The van der Waals surface area contributed by atoms with Gasteiger partial charge in [-0.3, -0.25) is 9.59 Å². The lowest BCUT2D eigenvalue weighted by molar-refractivity contribution is 0.0938. The monoisotopic (exact) mass is 439 g/mol. The van der Waals surface area contributed by atoms with Crippen molar-refractivity contribution in [2.75, 3.05) is 32.7 Å². The van der Waals surface area contributed by atoms with Gasteiger partial charge in [0.2, 0.25) is 0 Å². The number of nitrogens with one attached hydrogen (secondary N) is 2. The number of carbonyl (C=O) groups excluding carboxylic acids is 2. The molecule has 3 rings (SSSR count). The summed E-state index contributed by atoms with van der Waals surface area (Å²) in [7, 11) is 3.18. The highest BCUT2D eigenvalue weighted by molar-refractivity contribution is 6.04. The molecule has 1 aromatic heterocycles. The maximum Gasteiger partial charge on any atom is 0.273 e. The van der Waals surface area contributed by atoms with Crippen LogP contribution in [0, 0.1) is 0 Å². The summed E-state index contributed by atoms with van der Waals surface area (Å²) in [5, 5.41) is 9.32. The molecule has 9 nitrogen and oxygen atoms in total. The van der Waals surface area contributed by atoms with Crippen LogP contribution in [0.25, 0.3) is 0 Å². The minimum atomic E-state index is -0.312. The molecule has 0 saturated carbocycles. The Labute approximate surface area is 185 Å². The van der Waals surface area contributed by atoms with Gasteiger partial charge in [0.1, 0.15) is 18.1 Å². The molecular formula is C23H25N3O6. The zero-order valence-electron chi connectivity index (χ0n) is 17.9. The van der Waals surface area contributed by atoms with Gasteiger partial charge in [0.05, 0.1) is 7.11 Å². The number of rotatable bonds is 11. The maximum atomic E-state index is 12.3. The summed E-state index contributed by atoms with van der Waals surface area (Å²) in [6, 6.07) is 15.3. The Morgan fingerprint density at radius 3 is 2.38 bits per heavy atom. The van der Waals surface area contributed by atoms with Gasteiger partial charge in [-0.15, -0.1) is 0 Å². The molecule has 0 fully saturated rings. The molecule has 32 heavy (non-hydrogen) atoms. The van der Waals surface area contributed by atoms with E-state index in [2.05, 4.69) is 15.8 Å². The van der Waals surface area contributed by atoms with E-state index in [1.165, 1.54) is 6.07 Å². The van der Waals surface area contributed by atoms with E-state index < -0.39 is 0 Å². The standard InChI is InChI=1S/C23H25N3O6/c1-29-13-3-12-24-23(28)21-14-20(32-26-21)15-31-19-10-6-17(7-11-19)25-22(27)16-4-8-18(30-2)9-5-16/h4-11,14H,3,12-13,15H2,1-2H3,(H,24,28)(H,25,27). The Balaban J connectivity index is 1.47. The molecule has 168 valence electrons. The topological polar surface area (TPSA) is 112 Å². The van der Waals surface area contributed by atoms with Crippen LogP contribution in [0.4, 0.5) is 5.69 Å². The lowest BCUT2D eigenvalue weighted by Crippen LogP contribution is -2.25. The molecule has 0 aliphatic carbocycles. The van der Waals surface area contributed by atoms with Crippen LogP contribution in [0.5, 0.6) is 11.5 Å². The molecule has 0 unspecified atom stereocenters. The van der Waals surface area contributed by atoms with E-state index in [1.807, 2.05) is 0 Å². The minimum Gasteiger partial charge on any atom is -0.497 e. The first-order valence-electron chi connectivity index (χ1n) is 10.00. The number of methoxy groups -OCH3 is 2. The van der Waals surface area contributed by atoms with Gasteiger partial charge in [0.25, 0.3) is 11.8 Å². The second-order valence-corrected chi connectivity index (χ2v) is 6.78. The molecule has 3 aromatic rings. The molecule has 0 bridgehead atoms. The van der Waals surface area contributed by atoms with Crippen molar-refractivity contribution in [1.82, 2.24) is 10.5 Å². The van der Waals surface area contributed by atoms with E-state index in [-0.39, 0.29) is 24.1 Å². The van der Waals surface area contributed by atoms with Crippen molar-refractivity contribution in [3.8, 4) is 11.5 Å². The van der Waals surface area contributed by atoms with E-state index in [4.69, 9.17) is 18.7 Å². The Morgan fingerprint density at radius 2 is 1.69 bits per heavy atom. The van der Waals surface area contributed by atoms with E-state index in [9.17, 15) is 9.59 Å². The zero-order chi connectivity index (χ0) is 22.8. The first kappa shape index (κ1) is 22.8. The van der Waals surface area contributed by atoms with Gasteiger partial charge in [-0.25, -0.2) is 0 Å². The van der Waals surface area contributed by atoms with Crippen molar-refractivity contribution in [3.05, 3.63) is 71.6 Å². The molecule has 0 saturated heterocycles. The number of aromatic nitrogens is 1. The summed E-state index contributed by atoms with van der Waals surface area (Å²) < 4.78 is 20.8. The second-order valence-electron chi connectivity index (χ2n) is 6.78. The van der Waals surface area contributed by atoms with Crippen molar-refractivity contribution in [1.29, 1.82) is 0 Å². The quantitative estimate of drug-likeness (QED) is 0.441. The van der Waals surface area contributed by atoms with Gasteiger partial charge in [-0.05, 0) is 55.0 Å². The highest BCUT2D eigenvalue weighted by Crippen LogP contribution is 2.19. The Hall–Kier alpha value is -3.85. The number of ether oxygens (including phenoxy) is 3. The summed E-state index contributed by atoms with van der Waals surface area (Å²) in [5.41, 5.74) is 1.35. The summed E-state index contributed by atoms with van der Waals surface area (Å²) in [6.45, 7) is 1.18. The second kappa shape index (κ2) is 11.5. The SMILES string of the molecule is COCCCNC(=O)c1cc(COc2ccc(NC(=O)c3ccc(OC)cc3)cc2)on1. The molecule has 0 aliphatic rings. The van der Waals surface area contributed by atoms with E-state index in [0.29, 0.717) is 48.1 Å². The number of hydrogen-bond donors (Lipinski definition) is 2. The summed E-state index contributed by atoms with van der Waals surface area (Å²) in [4.78, 5) is 24.3. The minimum absolute atomic E-state index is 0.113. The van der Waals surface area contributed by atoms with Gasteiger partial charge in [-0.1, -0.05) is 5.16 Å². The number of anilines is 1. The largest absolute Gasteiger partial charge is 0.497 e. The highest BCUT2D eigenvalue weighted by Gasteiger charge is 2.12. The van der Waals surface area contributed by atoms with Crippen LogP contribution in [0.3, 0.4) is 0 Å². The molecule has 0 spiro atoms. The van der Waals surface area contributed by atoms with Crippen molar-refractivity contribution in [2.45, 2.75) is 13.0 Å². The third-order valence-electron chi connectivity index (χ3n) is 4.45. The van der Waals surface area contributed by atoms with Gasteiger partial charge in [0, 0.05) is 37.6 Å². The molecule has 2 N–H and O–H groups in total. The normalized spacial score (nSPS) is 10.4. The number of amides is 2. The highest BCUT2D eigenvalue weighted by atomic mass is 16.5. The lowest BCUT2D eigenvalue weighted by atomic mass is 10.2. The molecule has 2 aromatic carbocycles. The number of benzene rings is 2. The third kappa shape index (κ3) is 6.58. The molecule has 0 aliphatic heterocycles. The first-order valence-corrected chi connectivity index (χ1v) is 10.00. The fourth-order valence-corrected chi connectivity index (χ4v) is 2.73. The van der Waals surface area contributed by atoms with Gasteiger partial charge in [-0.2, -0.15) is 0 Å². The molecule has 1 heterocycles. The number of nitrogens with zero attached hydrogens (tertiary/aromatic N) is 1. The Morgan fingerprint density at radius 1 is 0.969 bits per heavy atom. The third-order valence-corrected chi connectivity index (χ3v) is 4.45. The van der Waals surface area contributed by atoms with Crippen molar-refractivity contribution in [2.24, 2.45) is 0 Å². The van der Waals surface area contributed by atoms with Crippen LogP contribution in [-0.2, 0) is 11.3 Å². The molecular weight excluding hydrogens is 414 g/mol. The van der Waals surface area contributed by atoms with Gasteiger partial charge >= 0.3 is 0 Å². The van der Waals surface area contributed by atoms with Crippen LogP contribution in [-0.4, -0.2) is 44.3 Å². The molecule has 9 heteroatoms. The predicted molar refractivity (Wildman–Crippen MR) is 117 cm³/mol. The van der Waals surface area contributed by atoms with E-state index in [1.54, 1.807) is 62.8 Å². The van der Waals surface area contributed by atoms with Crippen molar-refractivity contribution < 1.29 is 28.3 Å². The first-order chi connectivity index (χ1) is 15.6. The Bertz CT molecular complexity index is 1010. The van der Waals surface area contributed by atoms with E-state index >= 15 is 0 Å². The summed E-state index contributed by atoms with van der Waals surface area (Å²) in [6.07, 6.45) is 0.715. The Kier molecular flexibility index (Phi) is 8.22. The van der Waals surface area contributed by atoms with Crippen molar-refractivity contribution in [3.63, 3.8) is 0 Å². The fraction of sp³-hybridized carbons (Fsp3) is 0.261. The van der Waals surface area contributed by atoms with Crippen LogP contribution >= 0.6 is 0 Å². The van der Waals surface area contributed by atoms with Crippen LogP contribution < -0.4 is 20.1 Å². The average Bonchev–Trinajstić information content (AvgIpc) is 3.30. The lowest BCUT2D eigenvalue weighted by Gasteiger charge is -2.08. The molecule has 2 amide bonds. The molecule has 0 atom stereocenters. The molecule has 0 radical (unpaired) electrons. The van der Waals surface area contributed by atoms with Crippen LogP contribution in [0.2, 0.25) is 0 Å². The number of carbonyl (C=O) groups is 2. The fourth-order valence-electron chi connectivity index (χ4n) is 2.73. The van der Waals surface area contributed by atoms with E-state index in [0.717, 1.165) is 0 Å². The smallest absolute Gasteiger partial charge is 0.273 e. The zero-order valence-corrected chi connectivity index (χ0v) is 17.9. The van der Waals surface area contributed by atoms with Crippen LogP contribution in [0.1, 0.15) is 33.0 Å². The van der Waals surface area contributed by atoms with Gasteiger partial charge in [0.15, 0.2) is 11.5 Å². The van der Waals surface area contributed by atoms with Crippen molar-refractivity contribution >= 4 is 17.5 Å². The predicted octanol–water partition coefficient (Wildman–Crippen LogP) is 3.28. The maximum absolute atomic E-state index is 12.3.